The molecule has 8 heterocycles. The van der Waals surface area contributed by atoms with Crippen molar-refractivity contribution in [2.75, 3.05) is 123 Å². The second kappa shape index (κ2) is 18.9. The van der Waals surface area contributed by atoms with E-state index in [0.717, 1.165) is 56.9 Å². The standard InChI is InChI=1S/C19H23F3N6O.C18H21F3N6O2.ClH/c20-19(21,22)14-10-16(23)24-12-13(14)15-11-17(27-6-8-29-9-7-27)26-18(25-15)28-4-2-1-3-5-28;19-18(20,21)13-9-15(22)23-11-12(13)14-10-16(26-1-5-28-6-2-26)25-17(24-14)27-3-7-29-8-4-27;/h10-12H,1-9H2,(H2,23,24);9-11H,1-8H2,(H2,22,23);1H. The van der Waals surface area contributed by atoms with Gasteiger partial charge in [-0.2, -0.15) is 36.3 Å². The van der Waals surface area contributed by atoms with Crippen molar-refractivity contribution in [2.24, 2.45) is 0 Å². The Morgan fingerprint density at radius 3 is 1.20 bits per heavy atom. The molecule has 4 fully saturated rings. The molecule has 0 aromatic carbocycles. The van der Waals surface area contributed by atoms with Crippen molar-refractivity contribution >= 4 is 47.6 Å². The molecule has 4 aromatic heterocycles. The summed E-state index contributed by atoms with van der Waals surface area (Å²) in [5.74, 6) is 1.61. The third-order valence-electron chi connectivity index (χ3n) is 10.0. The molecule has 59 heavy (non-hydrogen) atoms. The van der Waals surface area contributed by atoms with Crippen molar-refractivity contribution in [1.82, 2.24) is 29.9 Å². The Labute approximate surface area is 342 Å². The molecule has 0 radical (unpaired) electrons. The number of piperidine rings is 1. The highest BCUT2D eigenvalue weighted by atomic mass is 35.5. The van der Waals surface area contributed by atoms with Crippen LogP contribution in [-0.4, -0.2) is 122 Å². The largest absolute Gasteiger partial charge is 0.417 e. The monoisotopic (exact) mass is 854 g/mol. The van der Waals surface area contributed by atoms with Crippen LogP contribution in [0.1, 0.15) is 30.4 Å². The first-order chi connectivity index (χ1) is 27.8. The summed E-state index contributed by atoms with van der Waals surface area (Å²) >= 11 is 0. The van der Waals surface area contributed by atoms with Gasteiger partial charge in [-0.05, 0) is 31.4 Å². The van der Waals surface area contributed by atoms with E-state index < -0.39 is 23.5 Å². The average Bonchev–Trinajstić information content (AvgIpc) is 3.24. The van der Waals surface area contributed by atoms with Crippen LogP contribution < -0.4 is 31.1 Å². The van der Waals surface area contributed by atoms with E-state index in [-0.39, 0.29) is 46.6 Å². The predicted molar refractivity (Wildman–Crippen MR) is 212 cm³/mol. The average molecular weight is 855 g/mol. The number of nitrogen functional groups attached to an aromatic ring is 2. The second-order valence-corrected chi connectivity index (χ2v) is 14.0. The molecule has 0 saturated carbocycles. The van der Waals surface area contributed by atoms with Crippen LogP contribution in [0.5, 0.6) is 0 Å². The Morgan fingerprint density at radius 1 is 0.475 bits per heavy atom. The van der Waals surface area contributed by atoms with Crippen LogP contribution in [0.3, 0.4) is 0 Å². The highest BCUT2D eigenvalue weighted by molar-refractivity contribution is 5.85. The normalized spacial score (nSPS) is 17.9. The summed E-state index contributed by atoms with van der Waals surface area (Å²) in [7, 11) is 0. The maximum absolute atomic E-state index is 13.7. The summed E-state index contributed by atoms with van der Waals surface area (Å²) in [5, 5.41) is 0. The zero-order valence-electron chi connectivity index (χ0n) is 32.0. The molecule has 0 aliphatic carbocycles. The van der Waals surface area contributed by atoms with E-state index >= 15 is 0 Å². The van der Waals surface area contributed by atoms with Gasteiger partial charge in [-0.25, -0.2) is 19.9 Å². The summed E-state index contributed by atoms with van der Waals surface area (Å²) in [6.45, 7) is 8.36. The van der Waals surface area contributed by atoms with Gasteiger partial charge in [0.1, 0.15) is 23.3 Å². The van der Waals surface area contributed by atoms with Crippen molar-refractivity contribution in [1.29, 1.82) is 0 Å². The molecule has 0 unspecified atom stereocenters. The fourth-order valence-corrected chi connectivity index (χ4v) is 6.99. The van der Waals surface area contributed by atoms with Gasteiger partial charge in [-0.1, -0.05) is 0 Å². The van der Waals surface area contributed by atoms with Crippen LogP contribution in [0.2, 0.25) is 0 Å². The lowest BCUT2D eigenvalue weighted by atomic mass is 10.1. The topological polar surface area (TPSA) is 170 Å². The number of rotatable bonds is 6. The third kappa shape index (κ3) is 10.8. The Kier molecular flexibility index (Phi) is 14.0. The molecular weight excluding hydrogens is 810 g/mol. The number of alkyl halides is 6. The van der Waals surface area contributed by atoms with Crippen LogP contribution in [0.25, 0.3) is 22.5 Å². The van der Waals surface area contributed by atoms with Gasteiger partial charge >= 0.3 is 12.4 Å². The fraction of sp³-hybridized carbons (Fsp3) is 0.514. The van der Waals surface area contributed by atoms with Crippen LogP contribution in [0.15, 0.2) is 36.7 Å². The van der Waals surface area contributed by atoms with Gasteiger partial charge in [0, 0.05) is 88.0 Å². The van der Waals surface area contributed by atoms with E-state index in [0.29, 0.717) is 102 Å². The number of halogens is 7. The van der Waals surface area contributed by atoms with Crippen molar-refractivity contribution in [3.05, 3.63) is 47.8 Å². The Morgan fingerprint density at radius 2 is 0.831 bits per heavy atom. The number of morpholine rings is 3. The number of ether oxygens (including phenoxy) is 3. The smallest absolute Gasteiger partial charge is 0.384 e. The van der Waals surface area contributed by atoms with Crippen molar-refractivity contribution < 1.29 is 40.6 Å². The molecule has 0 atom stereocenters. The SMILES string of the molecule is Cl.Nc1cc(C(F)(F)F)c(-c2cc(N3CCOCC3)nc(N3CCCCC3)n2)cn1.Nc1cc(C(F)(F)F)c(-c2cc(N3CCOCC3)nc(N3CCOCC3)n2)cn1. The van der Waals surface area contributed by atoms with E-state index in [1.165, 1.54) is 0 Å². The lowest BCUT2D eigenvalue weighted by molar-refractivity contribution is -0.137. The van der Waals surface area contributed by atoms with Crippen LogP contribution in [-0.2, 0) is 26.6 Å². The van der Waals surface area contributed by atoms with E-state index in [2.05, 4.69) is 29.9 Å². The summed E-state index contributed by atoms with van der Waals surface area (Å²) < 4.78 is 98.0. The van der Waals surface area contributed by atoms with Gasteiger partial charge in [-0.15, -0.1) is 12.4 Å². The Bertz CT molecular complexity index is 1810. The quantitative estimate of drug-likeness (QED) is 0.243. The molecule has 0 amide bonds. The number of nitrogens with zero attached hydrogens (tertiary/aromatic N) is 10. The van der Waals surface area contributed by atoms with Gasteiger partial charge in [0.05, 0.1) is 62.2 Å². The minimum atomic E-state index is -4.59. The second-order valence-electron chi connectivity index (χ2n) is 14.0. The number of pyridine rings is 2. The molecule has 4 aromatic rings. The molecule has 4 aliphatic heterocycles. The number of nitrogens with two attached hydrogens (primary N) is 2. The van der Waals surface area contributed by atoms with E-state index in [1.807, 2.05) is 19.6 Å². The Balaban J connectivity index is 0.000000195. The zero-order valence-corrected chi connectivity index (χ0v) is 32.8. The fourth-order valence-electron chi connectivity index (χ4n) is 6.99. The molecular formula is C37H45ClF6N12O3. The van der Waals surface area contributed by atoms with Gasteiger partial charge in [0.2, 0.25) is 11.9 Å². The molecule has 4 aliphatic rings. The number of hydrogen-bond donors (Lipinski definition) is 2. The Hall–Kier alpha value is -4.99. The number of anilines is 6. The third-order valence-corrected chi connectivity index (χ3v) is 10.0. The van der Waals surface area contributed by atoms with E-state index in [9.17, 15) is 26.3 Å². The lowest BCUT2D eigenvalue weighted by Gasteiger charge is -2.31. The number of aromatic nitrogens is 6. The van der Waals surface area contributed by atoms with Gasteiger partial charge in [0.15, 0.2) is 0 Å². The first kappa shape index (κ1) is 43.6. The first-order valence-corrected chi connectivity index (χ1v) is 19.0. The van der Waals surface area contributed by atoms with E-state index in [4.69, 9.17) is 25.7 Å². The van der Waals surface area contributed by atoms with Gasteiger partial charge in [-0.3, -0.25) is 0 Å². The van der Waals surface area contributed by atoms with Gasteiger partial charge < -0.3 is 45.3 Å². The minimum Gasteiger partial charge on any atom is -0.384 e. The summed E-state index contributed by atoms with van der Waals surface area (Å²) in [6.07, 6.45) is -3.74. The minimum absolute atomic E-state index is 0. The molecule has 320 valence electrons. The molecule has 0 bridgehead atoms. The van der Waals surface area contributed by atoms with E-state index in [1.54, 1.807) is 12.1 Å². The molecule has 8 rings (SSSR count). The molecule has 22 heteroatoms. The van der Waals surface area contributed by atoms with Crippen molar-refractivity contribution in [3.63, 3.8) is 0 Å². The van der Waals surface area contributed by atoms with Crippen LogP contribution >= 0.6 is 12.4 Å². The molecule has 4 N–H and O–H groups in total. The summed E-state index contributed by atoms with van der Waals surface area (Å²) in [5.41, 5.74) is 9.44. The molecule has 15 nitrogen and oxygen atoms in total. The van der Waals surface area contributed by atoms with Crippen LogP contribution in [0.4, 0.5) is 61.5 Å². The van der Waals surface area contributed by atoms with Gasteiger partial charge in [0.25, 0.3) is 0 Å². The maximum Gasteiger partial charge on any atom is 0.417 e. The van der Waals surface area contributed by atoms with Crippen molar-refractivity contribution in [3.8, 4) is 22.5 Å². The summed E-state index contributed by atoms with van der Waals surface area (Å²) in [6, 6.07) is 4.85. The highest BCUT2D eigenvalue weighted by Crippen LogP contribution is 2.40. The van der Waals surface area contributed by atoms with Crippen LogP contribution in [0, 0.1) is 0 Å². The number of hydrogen-bond acceptors (Lipinski definition) is 15. The summed E-state index contributed by atoms with van der Waals surface area (Å²) in [4.78, 5) is 33.9. The zero-order chi connectivity index (χ0) is 40.9. The first-order valence-electron chi connectivity index (χ1n) is 19.0. The van der Waals surface area contributed by atoms with Crippen molar-refractivity contribution in [2.45, 2.75) is 31.6 Å². The lowest BCUT2D eigenvalue weighted by Crippen LogP contribution is -2.39. The predicted octanol–water partition coefficient (Wildman–Crippen LogP) is 5.20. The molecule has 0 spiro atoms. The highest BCUT2D eigenvalue weighted by Gasteiger charge is 2.36. The maximum atomic E-state index is 13.7. The molecule has 4 saturated heterocycles.